The lowest BCUT2D eigenvalue weighted by Crippen LogP contribution is -2.33. The van der Waals surface area contributed by atoms with Gasteiger partial charge in [0.1, 0.15) is 24.9 Å². The van der Waals surface area contributed by atoms with Crippen molar-refractivity contribution in [2.24, 2.45) is 0 Å². The number of amides is 1. The van der Waals surface area contributed by atoms with Crippen LogP contribution in [0.3, 0.4) is 0 Å². The Bertz CT molecular complexity index is 640. The van der Waals surface area contributed by atoms with Gasteiger partial charge in [-0.05, 0) is 36.6 Å². The highest BCUT2D eigenvalue weighted by Crippen LogP contribution is 2.31. The number of hydrogen-bond acceptors (Lipinski definition) is 4. The van der Waals surface area contributed by atoms with E-state index in [1.807, 2.05) is 12.1 Å². The van der Waals surface area contributed by atoms with E-state index in [-0.39, 0.29) is 17.5 Å². The number of nitriles is 1. The molecule has 0 saturated heterocycles. The van der Waals surface area contributed by atoms with Gasteiger partial charge in [0.15, 0.2) is 11.5 Å². The van der Waals surface area contributed by atoms with Gasteiger partial charge in [-0.15, -0.1) is 0 Å². The maximum absolute atomic E-state index is 12.2. The largest absolute Gasteiger partial charge is 0.486 e. The van der Waals surface area contributed by atoms with E-state index in [0.717, 1.165) is 31.2 Å². The first-order valence-corrected chi connectivity index (χ1v) is 7.58. The van der Waals surface area contributed by atoms with Crippen molar-refractivity contribution in [2.75, 3.05) is 13.2 Å². The fourth-order valence-electron chi connectivity index (χ4n) is 2.80. The highest BCUT2D eigenvalue weighted by molar-refractivity contribution is 6.01. The van der Waals surface area contributed by atoms with Crippen LogP contribution in [0.1, 0.15) is 31.2 Å². The van der Waals surface area contributed by atoms with Gasteiger partial charge in [0.2, 0.25) is 0 Å². The molecule has 0 bridgehead atoms. The second-order valence-electron chi connectivity index (χ2n) is 5.53. The first kappa shape index (κ1) is 14.5. The summed E-state index contributed by atoms with van der Waals surface area (Å²) in [6, 6.07) is 7.58. The zero-order valence-electron chi connectivity index (χ0n) is 12.3. The molecule has 0 spiro atoms. The highest BCUT2D eigenvalue weighted by atomic mass is 16.6. The predicted octanol–water partition coefficient (Wildman–Crippen LogP) is 2.42. The van der Waals surface area contributed by atoms with Crippen molar-refractivity contribution >= 4 is 12.0 Å². The number of carbonyl (C=O) groups is 1. The van der Waals surface area contributed by atoms with Crippen LogP contribution in [-0.4, -0.2) is 25.2 Å². The third kappa shape index (κ3) is 3.22. The number of nitrogens with one attached hydrogen (secondary N) is 1. The summed E-state index contributed by atoms with van der Waals surface area (Å²) in [5.74, 6) is 1.04. The Hall–Kier alpha value is -2.48. The molecule has 1 amide bonds. The lowest BCUT2D eigenvalue weighted by molar-refractivity contribution is -0.117. The molecule has 1 aromatic rings. The Morgan fingerprint density at radius 1 is 1.23 bits per heavy atom. The number of carbonyl (C=O) groups excluding carboxylic acids is 1. The van der Waals surface area contributed by atoms with E-state index in [0.29, 0.717) is 24.7 Å². The summed E-state index contributed by atoms with van der Waals surface area (Å²) in [4.78, 5) is 12.2. The van der Waals surface area contributed by atoms with Gasteiger partial charge in [-0.3, -0.25) is 4.79 Å². The molecule has 1 fully saturated rings. The van der Waals surface area contributed by atoms with Gasteiger partial charge < -0.3 is 14.8 Å². The van der Waals surface area contributed by atoms with Crippen LogP contribution in [0.4, 0.5) is 0 Å². The van der Waals surface area contributed by atoms with E-state index < -0.39 is 0 Å². The average Bonchev–Trinajstić information content (AvgIpc) is 3.05. The average molecular weight is 298 g/mol. The molecule has 5 nitrogen and oxygen atoms in total. The molecule has 1 saturated carbocycles. The summed E-state index contributed by atoms with van der Waals surface area (Å²) in [5.41, 5.74) is 0.867. The molecule has 1 heterocycles. The molecule has 1 aliphatic heterocycles. The summed E-state index contributed by atoms with van der Waals surface area (Å²) in [7, 11) is 0. The minimum absolute atomic E-state index is 0.114. The number of rotatable bonds is 3. The third-order valence-electron chi connectivity index (χ3n) is 3.93. The number of hydrogen-bond donors (Lipinski definition) is 1. The van der Waals surface area contributed by atoms with Crippen LogP contribution in [0.25, 0.3) is 6.08 Å². The Labute approximate surface area is 129 Å². The molecular weight excluding hydrogens is 280 g/mol. The highest BCUT2D eigenvalue weighted by Gasteiger charge is 2.19. The number of nitrogens with zero attached hydrogens (tertiary/aromatic N) is 1. The molecule has 3 rings (SSSR count). The zero-order valence-corrected chi connectivity index (χ0v) is 12.3. The number of ether oxygens (including phenoxy) is 2. The maximum atomic E-state index is 12.2. The summed E-state index contributed by atoms with van der Waals surface area (Å²) >= 11 is 0. The smallest absolute Gasteiger partial charge is 0.262 e. The van der Waals surface area contributed by atoms with Crippen LogP contribution < -0.4 is 14.8 Å². The molecule has 1 aliphatic carbocycles. The van der Waals surface area contributed by atoms with Crippen molar-refractivity contribution in [2.45, 2.75) is 31.7 Å². The van der Waals surface area contributed by atoms with Gasteiger partial charge in [0.05, 0.1) is 0 Å². The molecule has 5 heteroatoms. The Morgan fingerprint density at radius 2 is 1.95 bits per heavy atom. The standard InChI is InChI=1S/C17H18N2O3/c18-11-13(17(20)19-14-3-1-2-4-14)9-12-5-6-15-16(10-12)22-8-7-21-15/h5-6,9-10,14H,1-4,7-8H2,(H,19,20)/b13-9-. The van der Waals surface area contributed by atoms with Crippen molar-refractivity contribution < 1.29 is 14.3 Å². The summed E-state index contributed by atoms with van der Waals surface area (Å²) in [6.45, 7) is 1.04. The normalized spacial score (nSPS) is 17.9. The quantitative estimate of drug-likeness (QED) is 0.687. The number of benzene rings is 1. The molecule has 2 aliphatic rings. The lowest BCUT2D eigenvalue weighted by Gasteiger charge is -2.18. The van der Waals surface area contributed by atoms with E-state index >= 15 is 0 Å². The van der Waals surface area contributed by atoms with Crippen LogP contribution in [-0.2, 0) is 4.79 Å². The minimum Gasteiger partial charge on any atom is -0.486 e. The van der Waals surface area contributed by atoms with Gasteiger partial charge in [-0.2, -0.15) is 5.26 Å². The molecule has 22 heavy (non-hydrogen) atoms. The van der Waals surface area contributed by atoms with Crippen molar-refractivity contribution in [1.29, 1.82) is 5.26 Å². The number of fused-ring (bicyclic) bond motifs is 1. The van der Waals surface area contributed by atoms with Crippen LogP contribution >= 0.6 is 0 Å². The van der Waals surface area contributed by atoms with Crippen molar-refractivity contribution in [3.63, 3.8) is 0 Å². The summed E-state index contributed by atoms with van der Waals surface area (Å²) < 4.78 is 11.0. The van der Waals surface area contributed by atoms with Crippen LogP contribution in [0, 0.1) is 11.3 Å². The molecule has 0 aromatic heterocycles. The Balaban J connectivity index is 1.76. The van der Waals surface area contributed by atoms with Gasteiger partial charge >= 0.3 is 0 Å². The van der Waals surface area contributed by atoms with Gasteiger partial charge in [0.25, 0.3) is 5.91 Å². The molecule has 114 valence electrons. The first-order valence-electron chi connectivity index (χ1n) is 7.58. The molecule has 0 radical (unpaired) electrons. The SMILES string of the molecule is N#C/C(=C/c1ccc2c(c1)OCCO2)C(=O)NC1CCCC1. The van der Waals surface area contributed by atoms with E-state index in [4.69, 9.17) is 9.47 Å². The summed E-state index contributed by atoms with van der Waals surface area (Å²) in [5, 5.41) is 12.2. The fraction of sp³-hybridized carbons (Fsp3) is 0.412. The van der Waals surface area contributed by atoms with Crippen molar-refractivity contribution in [3.05, 3.63) is 29.3 Å². The molecule has 1 N–H and O–H groups in total. The van der Waals surface area contributed by atoms with Crippen molar-refractivity contribution in [1.82, 2.24) is 5.32 Å². The second-order valence-corrected chi connectivity index (χ2v) is 5.53. The first-order chi connectivity index (χ1) is 10.8. The predicted molar refractivity (Wildman–Crippen MR) is 81.4 cm³/mol. The monoisotopic (exact) mass is 298 g/mol. The van der Waals surface area contributed by atoms with E-state index in [1.54, 1.807) is 18.2 Å². The topological polar surface area (TPSA) is 71.3 Å². The van der Waals surface area contributed by atoms with Crippen LogP contribution in [0.5, 0.6) is 11.5 Å². The maximum Gasteiger partial charge on any atom is 0.262 e. The second kappa shape index (κ2) is 6.52. The molecule has 0 unspecified atom stereocenters. The van der Waals surface area contributed by atoms with E-state index in [2.05, 4.69) is 5.32 Å². The van der Waals surface area contributed by atoms with Crippen LogP contribution in [0.15, 0.2) is 23.8 Å². The summed E-state index contributed by atoms with van der Waals surface area (Å²) in [6.07, 6.45) is 5.85. The fourth-order valence-corrected chi connectivity index (χ4v) is 2.80. The van der Waals surface area contributed by atoms with Gasteiger partial charge in [-0.1, -0.05) is 18.9 Å². The third-order valence-corrected chi connectivity index (χ3v) is 3.93. The van der Waals surface area contributed by atoms with Gasteiger partial charge in [0, 0.05) is 6.04 Å². The Morgan fingerprint density at radius 3 is 2.68 bits per heavy atom. The molecule has 1 aromatic carbocycles. The zero-order chi connectivity index (χ0) is 15.4. The van der Waals surface area contributed by atoms with E-state index in [9.17, 15) is 10.1 Å². The van der Waals surface area contributed by atoms with Gasteiger partial charge in [-0.25, -0.2) is 0 Å². The van der Waals surface area contributed by atoms with Crippen molar-refractivity contribution in [3.8, 4) is 17.6 Å². The molecular formula is C17H18N2O3. The molecule has 0 atom stereocenters. The van der Waals surface area contributed by atoms with Crippen LogP contribution in [0.2, 0.25) is 0 Å². The Kier molecular flexibility index (Phi) is 4.29. The minimum atomic E-state index is -0.302. The lowest BCUT2D eigenvalue weighted by atomic mass is 10.1. The van der Waals surface area contributed by atoms with E-state index in [1.165, 1.54) is 0 Å².